The van der Waals surface area contributed by atoms with Crippen molar-refractivity contribution in [2.24, 2.45) is 5.73 Å². The lowest BCUT2D eigenvalue weighted by molar-refractivity contribution is -0.130. The summed E-state index contributed by atoms with van der Waals surface area (Å²) in [6, 6.07) is 7.53. The maximum absolute atomic E-state index is 13.4. The Labute approximate surface area is 188 Å². The molecule has 32 heavy (non-hydrogen) atoms. The standard InChI is InChI=1S/C23H32N6O3/c1-5-15-7-9-16(10-8-15)23(6-2,21(32)26-14-18(24)30)28-20(31)17-13-27-29-19(17)25-12-11-22(29,3)4/h7-10,13,25H,5-6,11-12,14H2,1-4H3,(H2,24,30)(H,26,32)(H,28,31). The van der Waals surface area contributed by atoms with E-state index in [1.54, 1.807) is 0 Å². The maximum atomic E-state index is 13.4. The van der Waals surface area contributed by atoms with Crippen LogP contribution in [0.3, 0.4) is 0 Å². The first-order valence-electron chi connectivity index (χ1n) is 11.0. The van der Waals surface area contributed by atoms with Crippen LogP contribution in [0.5, 0.6) is 0 Å². The van der Waals surface area contributed by atoms with Gasteiger partial charge in [0, 0.05) is 6.54 Å². The van der Waals surface area contributed by atoms with Crippen molar-refractivity contribution >= 4 is 23.5 Å². The zero-order chi connectivity index (χ0) is 23.5. The Balaban J connectivity index is 2.00. The van der Waals surface area contributed by atoms with Crippen LogP contribution in [0.25, 0.3) is 0 Å². The largest absolute Gasteiger partial charge is 0.370 e. The lowest BCUT2D eigenvalue weighted by atomic mass is 9.85. The summed E-state index contributed by atoms with van der Waals surface area (Å²) in [5.41, 5.74) is 5.72. The highest BCUT2D eigenvalue weighted by molar-refractivity contribution is 6.03. The maximum Gasteiger partial charge on any atom is 0.257 e. The van der Waals surface area contributed by atoms with Gasteiger partial charge in [-0.05, 0) is 44.2 Å². The predicted octanol–water partition coefficient (Wildman–Crippen LogP) is 1.63. The number of hydrogen-bond donors (Lipinski definition) is 4. The van der Waals surface area contributed by atoms with Gasteiger partial charge < -0.3 is 21.7 Å². The monoisotopic (exact) mass is 440 g/mol. The van der Waals surface area contributed by atoms with Crippen LogP contribution in [0.2, 0.25) is 0 Å². The molecule has 9 nitrogen and oxygen atoms in total. The van der Waals surface area contributed by atoms with E-state index >= 15 is 0 Å². The third kappa shape index (κ3) is 4.32. The first kappa shape index (κ1) is 23.3. The summed E-state index contributed by atoms with van der Waals surface area (Å²) in [5.74, 6) is -0.950. The summed E-state index contributed by atoms with van der Waals surface area (Å²) in [5, 5.41) is 13.2. The molecule has 2 aromatic rings. The van der Waals surface area contributed by atoms with Crippen LogP contribution in [-0.2, 0) is 27.1 Å². The topological polar surface area (TPSA) is 131 Å². The van der Waals surface area contributed by atoms with Gasteiger partial charge in [-0.1, -0.05) is 38.1 Å². The van der Waals surface area contributed by atoms with Gasteiger partial charge in [0.2, 0.25) is 5.91 Å². The van der Waals surface area contributed by atoms with E-state index < -0.39 is 23.3 Å². The molecule has 1 unspecified atom stereocenters. The number of anilines is 1. The average molecular weight is 441 g/mol. The van der Waals surface area contributed by atoms with E-state index in [1.807, 2.05) is 42.8 Å². The third-order valence-corrected chi connectivity index (χ3v) is 6.14. The molecule has 1 aliphatic heterocycles. The number of aryl methyl sites for hydroxylation is 1. The smallest absolute Gasteiger partial charge is 0.257 e. The van der Waals surface area contributed by atoms with Crippen molar-refractivity contribution in [2.75, 3.05) is 18.4 Å². The Hall–Kier alpha value is -3.36. The Kier molecular flexibility index (Phi) is 6.57. The first-order valence-corrected chi connectivity index (χ1v) is 11.0. The number of rotatable bonds is 8. The number of primary amides is 1. The summed E-state index contributed by atoms with van der Waals surface area (Å²) in [7, 11) is 0. The number of fused-ring (bicyclic) bond motifs is 1. The van der Waals surface area contributed by atoms with Crippen molar-refractivity contribution in [1.82, 2.24) is 20.4 Å². The highest BCUT2D eigenvalue weighted by Crippen LogP contribution is 2.32. The molecular formula is C23H32N6O3. The molecule has 1 aliphatic rings. The van der Waals surface area contributed by atoms with E-state index in [2.05, 4.69) is 34.9 Å². The molecule has 0 radical (unpaired) electrons. The fourth-order valence-corrected chi connectivity index (χ4v) is 4.05. The number of carbonyl (C=O) groups excluding carboxylic acids is 3. The molecule has 1 aromatic carbocycles. The van der Waals surface area contributed by atoms with Gasteiger partial charge in [-0.15, -0.1) is 0 Å². The number of nitrogens with zero attached hydrogens (tertiary/aromatic N) is 2. The molecule has 9 heteroatoms. The van der Waals surface area contributed by atoms with Gasteiger partial charge >= 0.3 is 0 Å². The molecule has 0 spiro atoms. The molecule has 0 aliphatic carbocycles. The normalized spacial score (nSPS) is 16.2. The van der Waals surface area contributed by atoms with E-state index in [0.29, 0.717) is 16.9 Å². The summed E-state index contributed by atoms with van der Waals surface area (Å²) in [6.07, 6.45) is 3.52. The molecule has 3 amide bonds. The fraction of sp³-hybridized carbons (Fsp3) is 0.478. The van der Waals surface area contributed by atoms with Crippen LogP contribution < -0.4 is 21.7 Å². The minimum atomic E-state index is -1.38. The van der Waals surface area contributed by atoms with Crippen LogP contribution in [-0.4, -0.2) is 40.6 Å². The van der Waals surface area contributed by atoms with E-state index in [9.17, 15) is 14.4 Å². The Morgan fingerprint density at radius 1 is 1.22 bits per heavy atom. The fourth-order valence-electron chi connectivity index (χ4n) is 4.05. The molecule has 2 heterocycles. The zero-order valence-corrected chi connectivity index (χ0v) is 19.1. The highest BCUT2D eigenvalue weighted by atomic mass is 16.2. The van der Waals surface area contributed by atoms with Crippen molar-refractivity contribution < 1.29 is 14.4 Å². The number of carbonyl (C=O) groups is 3. The number of nitrogens with one attached hydrogen (secondary N) is 3. The number of nitrogens with two attached hydrogens (primary N) is 1. The quantitative estimate of drug-likeness (QED) is 0.496. The highest BCUT2D eigenvalue weighted by Gasteiger charge is 2.41. The minimum Gasteiger partial charge on any atom is -0.370 e. The summed E-state index contributed by atoms with van der Waals surface area (Å²) >= 11 is 0. The lowest BCUT2D eigenvalue weighted by Gasteiger charge is -2.34. The van der Waals surface area contributed by atoms with Crippen LogP contribution >= 0.6 is 0 Å². The van der Waals surface area contributed by atoms with Crippen molar-refractivity contribution in [3.05, 3.63) is 47.2 Å². The van der Waals surface area contributed by atoms with Gasteiger partial charge in [0.25, 0.3) is 11.8 Å². The van der Waals surface area contributed by atoms with Crippen molar-refractivity contribution in [1.29, 1.82) is 0 Å². The van der Waals surface area contributed by atoms with E-state index in [0.717, 1.165) is 24.9 Å². The summed E-state index contributed by atoms with van der Waals surface area (Å²) in [4.78, 5) is 38.0. The Bertz CT molecular complexity index is 1010. The molecule has 3 rings (SSSR count). The lowest BCUT2D eigenvalue weighted by Crippen LogP contribution is -2.57. The van der Waals surface area contributed by atoms with Crippen LogP contribution in [0, 0.1) is 0 Å². The molecule has 0 saturated heterocycles. The van der Waals surface area contributed by atoms with Crippen LogP contribution in [0.15, 0.2) is 30.5 Å². The van der Waals surface area contributed by atoms with Crippen molar-refractivity contribution in [3.63, 3.8) is 0 Å². The molecule has 0 fully saturated rings. The average Bonchev–Trinajstić information content (AvgIpc) is 3.21. The molecular weight excluding hydrogens is 408 g/mol. The number of hydrogen-bond acceptors (Lipinski definition) is 5. The van der Waals surface area contributed by atoms with Gasteiger partial charge in [-0.3, -0.25) is 14.4 Å². The van der Waals surface area contributed by atoms with Crippen molar-refractivity contribution in [3.8, 4) is 0 Å². The van der Waals surface area contributed by atoms with Gasteiger partial charge in [-0.2, -0.15) is 5.10 Å². The minimum absolute atomic E-state index is 0.226. The summed E-state index contributed by atoms with van der Waals surface area (Å²) in [6.45, 7) is 8.38. The Morgan fingerprint density at radius 2 is 1.91 bits per heavy atom. The number of amides is 3. The molecule has 172 valence electrons. The van der Waals surface area contributed by atoms with Crippen LogP contribution in [0.4, 0.5) is 5.82 Å². The second kappa shape index (κ2) is 9.02. The zero-order valence-electron chi connectivity index (χ0n) is 19.1. The summed E-state index contributed by atoms with van der Waals surface area (Å²) < 4.78 is 1.81. The second-order valence-corrected chi connectivity index (χ2v) is 8.72. The predicted molar refractivity (Wildman–Crippen MR) is 122 cm³/mol. The molecule has 1 atom stereocenters. The van der Waals surface area contributed by atoms with Gasteiger partial charge in [0.1, 0.15) is 16.9 Å². The van der Waals surface area contributed by atoms with Crippen molar-refractivity contribution in [2.45, 2.75) is 58.0 Å². The van der Waals surface area contributed by atoms with E-state index in [-0.39, 0.29) is 18.5 Å². The molecule has 1 aromatic heterocycles. The molecule has 0 bridgehead atoms. The van der Waals surface area contributed by atoms with E-state index in [4.69, 9.17) is 5.73 Å². The third-order valence-electron chi connectivity index (χ3n) is 6.14. The van der Waals surface area contributed by atoms with Gasteiger partial charge in [0.15, 0.2) is 0 Å². The second-order valence-electron chi connectivity index (χ2n) is 8.72. The van der Waals surface area contributed by atoms with Gasteiger partial charge in [-0.25, -0.2) is 4.68 Å². The molecule has 5 N–H and O–H groups in total. The van der Waals surface area contributed by atoms with Crippen LogP contribution in [0.1, 0.15) is 62.0 Å². The number of benzene rings is 1. The SMILES string of the molecule is CCc1ccc(C(CC)(NC(=O)c2cnn3c2NCCC3(C)C)C(=O)NCC(N)=O)cc1. The number of aromatic nitrogens is 2. The Morgan fingerprint density at radius 3 is 2.50 bits per heavy atom. The van der Waals surface area contributed by atoms with E-state index in [1.165, 1.54) is 6.20 Å². The first-order chi connectivity index (χ1) is 15.1. The molecule has 0 saturated carbocycles. The van der Waals surface area contributed by atoms with Gasteiger partial charge in [0.05, 0.1) is 18.3 Å².